The summed E-state index contributed by atoms with van der Waals surface area (Å²) in [5, 5.41) is 26.3. The molecular weight excluding hydrogens is 765 g/mol. The average molecular weight is 811 g/mol. The van der Waals surface area contributed by atoms with Crippen LogP contribution in [0.1, 0.15) is 68.8 Å². The monoisotopic (exact) mass is 810 g/mol. The largest absolute Gasteiger partial charge is 0.504 e. The molecule has 2 N–H and O–H groups in total. The first-order chi connectivity index (χ1) is 28.0. The van der Waals surface area contributed by atoms with E-state index in [0.29, 0.717) is 81.7 Å². The third kappa shape index (κ3) is 5.41. The summed E-state index contributed by atoms with van der Waals surface area (Å²) in [6.07, 6.45) is 2.78. The number of aromatic hydroxyl groups is 1. The smallest absolute Gasteiger partial charge is 0.331 e. The fourth-order valence-electron chi connectivity index (χ4n) is 10.4. The molecule has 15 heteroatoms. The summed E-state index contributed by atoms with van der Waals surface area (Å²) < 4.78 is 42.6. The molecule has 1 unspecified atom stereocenters. The van der Waals surface area contributed by atoms with Crippen LogP contribution in [-0.2, 0) is 32.7 Å². The summed E-state index contributed by atoms with van der Waals surface area (Å²) in [4.78, 5) is 32.3. The number of likely N-dealkylation sites (N-methyl/N-ethyl adjacent to an activating group) is 1. The van der Waals surface area contributed by atoms with Gasteiger partial charge in [0.2, 0.25) is 6.79 Å². The molecule has 2 fully saturated rings. The van der Waals surface area contributed by atoms with E-state index in [1.807, 2.05) is 33.0 Å². The number of thioether (sulfide) groups is 1. The second-order valence-corrected chi connectivity index (χ2v) is 16.8. The lowest BCUT2D eigenvalue weighted by molar-refractivity contribution is -0.157. The lowest BCUT2D eigenvalue weighted by atomic mass is 9.71. The molecule has 7 aliphatic heterocycles. The maximum absolute atomic E-state index is 14.9. The zero-order valence-corrected chi connectivity index (χ0v) is 34.1. The van der Waals surface area contributed by atoms with Gasteiger partial charge in [-0.25, -0.2) is 4.79 Å². The number of nitrogens with one attached hydrogen (secondary N) is 1. The third-order valence-electron chi connectivity index (χ3n) is 12.8. The van der Waals surface area contributed by atoms with Crippen LogP contribution in [0.3, 0.4) is 0 Å². The molecular formula is C43H46N4O10S. The maximum atomic E-state index is 14.9. The number of nitrogens with zero attached hydrogens (tertiary/aromatic N) is 3. The second kappa shape index (κ2) is 14.3. The molecule has 3 aromatic carbocycles. The van der Waals surface area contributed by atoms with Crippen molar-refractivity contribution in [3.8, 4) is 46.3 Å². The van der Waals surface area contributed by atoms with E-state index in [9.17, 15) is 20.0 Å². The molecule has 7 aliphatic rings. The lowest BCUT2D eigenvalue weighted by Crippen LogP contribution is -2.69. The quantitative estimate of drug-likeness (QED) is 0.198. The van der Waals surface area contributed by atoms with Crippen molar-refractivity contribution in [1.29, 1.82) is 5.26 Å². The van der Waals surface area contributed by atoms with Gasteiger partial charge in [0.25, 0.3) is 0 Å². The Morgan fingerprint density at radius 3 is 2.62 bits per heavy atom. The molecule has 0 saturated carbocycles. The lowest BCUT2D eigenvalue weighted by Gasteiger charge is -2.62. The number of nitriles is 1. The van der Waals surface area contributed by atoms with Gasteiger partial charge in [-0.2, -0.15) is 5.26 Å². The van der Waals surface area contributed by atoms with Crippen LogP contribution < -0.4 is 33.7 Å². The van der Waals surface area contributed by atoms with E-state index in [1.165, 1.54) is 18.7 Å². The van der Waals surface area contributed by atoms with E-state index < -0.39 is 46.9 Å². The van der Waals surface area contributed by atoms with Gasteiger partial charge < -0.3 is 38.3 Å². The molecule has 58 heavy (non-hydrogen) atoms. The number of esters is 2. The Kier molecular flexibility index (Phi) is 9.46. The van der Waals surface area contributed by atoms with E-state index in [1.54, 1.807) is 20.3 Å². The molecule has 14 nitrogen and oxygen atoms in total. The van der Waals surface area contributed by atoms with Crippen LogP contribution in [0.2, 0.25) is 0 Å². The first kappa shape index (κ1) is 38.4. The first-order valence-electron chi connectivity index (χ1n) is 19.4. The summed E-state index contributed by atoms with van der Waals surface area (Å²) in [6.45, 7) is 9.44. The molecule has 1 spiro atoms. The van der Waals surface area contributed by atoms with Crippen molar-refractivity contribution >= 4 is 23.7 Å². The SMILES string of the molecule is C=CCOc1cc2c(cc1OC)[C@@]1(CS[C@@H]3c4c(OC(C)=O)c(C)c5c(c4[C@H](COC1=O)N1C3[C@H]3c4c(cc(C)c(OC)c4O)C[C@@H]([C@@H]1C#N)N3C)OCO5)NCC2. The Morgan fingerprint density at radius 2 is 1.90 bits per heavy atom. The number of piperazine rings is 1. The minimum absolute atomic E-state index is 0.0516. The highest BCUT2D eigenvalue weighted by atomic mass is 32.2. The van der Waals surface area contributed by atoms with E-state index in [0.717, 1.165) is 16.7 Å². The minimum atomic E-state index is -1.33. The van der Waals surface area contributed by atoms with Gasteiger partial charge >= 0.3 is 11.9 Å². The summed E-state index contributed by atoms with van der Waals surface area (Å²) in [6, 6.07) is 5.78. The summed E-state index contributed by atoms with van der Waals surface area (Å²) in [5.74, 6) is 1.90. The molecule has 3 aromatic rings. The first-order valence-corrected chi connectivity index (χ1v) is 20.5. The Hall–Kier alpha value is -5.14. The molecule has 7 heterocycles. The predicted molar refractivity (Wildman–Crippen MR) is 212 cm³/mol. The topological polar surface area (TPSA) is 161 Å². The predicted octanol–water partition coefficient (Wildman–Crippen LogP) is 4.85. The number of methoxy groups -OCH3 is 2. The number of carbonyl (C=O) groups excluding carboxylic acids is 2. The summed E-state index contributed by atoms with van der Waals surface area (Å²) in [7, 11) is 5.11. The van der Waals surface area contributed by atoms with Crippen LogP contribution >= 0.6 is 11.8 Å². The van der Waals surface area contributed by atoms with Gasteiger partial charge in [-0.1, -0.05) is 18.7 Å². The number of rotatable bonds is 6. The van der Waals surface area contributed by atoms with Crippen LogP contribution in [0.25, 0.3) is 0 Å². The van der Waals surface area contributed by atoms with Crippen molar-refractivity contribution in [1.82, 2.24) is 15.1 Å². The van der Waals surface area contributed by atoms with Crippen molar-refractivity contribution in [2.75, 3.05) is 53.6 Å². The Labute approximate surface area is 340 Å². The number of ether oxygens (including phenoxy) is 7. The van der Waals surface area contributed by atoms with Crippen molar-refractivity contribution in [3.63, 3.8) is 0 Å². The van der Waals surface area contributed by atoms with Gasteiger partial charge in [0.05, 0.1) is 37.6 Å². The molecule has 304 valence electrons. The van der Waals surface area contributed by atoms with Crippen molar-refractivity contribution < 1.29 is 47.9 Å². The van der Waals surface area contributed by atoms with Gasteiger partial charge in [-0.05, 0) is 68.1 Å². The van der Waals surface area contributed by atoms with Crippen LogP contribution in [0.15, 0.2) is 30.9 Å². The highest BCUT2D eigenvalue weighted by Crippen LogP contribution is 2.64. The number of hydrogen-bond acceptors (Lipinski definition) is 15. The molecule has 0 amide bonds. The number of aryl methyl sites for hydroxylation is 1. The molecule has 0 radical (unpaired) electrons. The molecule has 0 aromatic heterocycles. The zero-order chi connectivity index (χ0) is 40.8. The molecule has 10 rings (SSSR count). The van der Waals surface area contributed by atoms with Crippen molar-refractivity contribution in [2.24, 2.45) is 0 Å². The van der Waals surface area contributed by atoms with Crippen molar-refractivity contribution in [3.05, 3.63) is 75.4 Å². The van der Waals surface area contributed by atoms with Crippen LogP contribution in [-0.4, -0.2) is 98.5 Å². The number of hydrogen-bond donors (Lipinski definition) is 2. The highest BCUT2D eigenvalue weighted by Gasteiger charge is 2.62. The Balaban J connectivity index is 1.31. The maximum Gasteiger partial charge on any atom is 0.331 e. The Bertz CT molecular complexity index is 2310. The van der Waals surface area contributed by atoms with Crippen LogP contribution in [0.4, 0.5) is 0 Å². The van der Waals surface area contributed by atoms with Crippen LogP contribution in [0.5, 0.6) is 40.2 Å². The average Bonchev–Trinajstić information content (AvgIpc) is 3.70. The number of phenols is 1. The minimum Gasteiger partial charge on any atom is -0.504 e. The number of benzene rings is 3. The van der Waals surface area contributed by atoms with E-state index in [-0.39, 0.29) is 37.6 Å². The fraction of sp³-hybridized carbons (Fsp3) is 0.465. The van der Waals surface area contributed by atoms with E-state index >= 15 is 0 Å². The third-order valence-corrected chi connectivity index (χ3v) is 14.2. The van der Waals surface area contributed by atoms with Crippen LogP contribution in [0, 0.1) is 25.2 Å². The summed E-state index contributed by atoms with van der Waals surface area (Å²) in [5.41, 5.74) is 4.71. The Morgan fingerprint density at radius 1 is 1.10 bits per heavy atom. The number of fused-ring (bicyclic) bond motifs is 9. The van der Waals surface area contributed by atoms with Crippen molar-refractivity contribution in [2.45, 2.75) is 74.6 Å². The fourth-order valence-corrected chi connectivity index (χ4v) is 12.1. The van der Waals surface area contributed by atoms with Gasteiger partial charge in [-0.15, -0.1) is 11.8 Å². The van der Waals surface area contributed by atoms with Gasteiger partial charge in [0.15, 0.2) is 40.0 Å². The van der Waals surface area contributed by atoms with E-state index in [4.69, 9.17) is 33.2 Å². The zero-order valence-electron chi connectivity index (χ0n) is 33.3. The molecule has 7 atom stereocenters. The second-order valence-electron chi connectivity index (χ2n) is 15.7. The molecule has 0 aliphatic carbocycles. The van der Waals surface area contributed by atoms with E-state index in [2.05, 4.69) is 33.8 Å². The molecule has 2 saturated heterocycles. The van der Waals surface area contributed by atoms with Gasteiger partial charge in [0, 0.05) is 53.6 Å². The summed E-state index contributed by atoms with van der Waals surface area (Å²) >= 11 is 1.51. The standard InChI is InChI=1S/C43H46N4O10S/c1-8-11-53-30-14-23-9-10-45-43(25(23)15-29(30)51-6)18-58-41-33-32(40-39(55-19-56-40)21(3)38(33)57-22(4)48)28(17-54-42(43)50)47-27(16-44)26-13-24-12-20(2)37(52-7)36(49)31(24)34(35(41)47)46(26)5/h8,12,14-15,26-28,34-35,41,45,49H,1,9-11,13,17-19H2,2-7H3/t26-,27-,28-,34+,35?,41+,43+/m0/s1. The normalized spacial score (nSPS) is 27.9. The van der Waals surface area contributed by atoms with Gasteiger partial charge in [0.1, 0.15) is 25.0 Å². The number of carbonyl (C=O) groups is 2. The molecule has 4 bridgehead atoms. The van der Waals surface area contributed by atoms with Gasteiger partial charge in [-0.3, -0.25) is 19.9 Å². The number of phenolic OH excluding ortho intramolecular Hbond substituents is 1. The highest BCUT2D eigenvalue weighted by molar-refractivity contribution is 7.99.